The van der Waals surface area contributed by atoms with Crippen LogP contribution in [0.2, 0.25) is 37.3 Å². The van der Waals surface area contributed by atoms with E-state index in [1.807, 2.05) is 0 Å². The maximum atomic E-state index is 2.97. The van der Waals surface area contributed by atoms with Gasteiger partial charge in [-0.1, -0.05) is 98.3 Å². The molecular formula is C31H58Si2. The normalized spacial score (nSPS) is 46.6. The van der Waals surface area contributed by atoms with Gasteiger partial charge in [0.1, 0.15) is 0 Å². The fraction of sp³-hybridized carbons (Fsp3) is 1.00. The van der Waals surface area contributed by atoms with Crippen molar-refractivity contribution in [3.8, 4) is 0 Å². The summed E-state index contributed by atoms with van der Waals surface area (Å²) >= 11 is 0. The second kappa shape index (κ2) is 9.39. The molecule has 0 aromatic carbocycles. The minimum absolute atomic E-state index is 0.981. The first kappa shape index (κ1) is 25.1. The summed E-state index contributed by atoms with van der Waals surface area (Å²) in [4.78, 5) is 0. The number of rotatable bonds is 6. The van der Waals surface area contributed by atoms with Crippen LogP contribution in [0, 0.1) is 53.3 Å². The van der Waals surface area contributed by atoms with Gasteiger partial charge in [-0.3, -0.25) is 0 Å². The molecule has 0 N–H and O–H groups in total. The van der Waals surface area contributed by atoms with E-state index in [4.69, 9.17) is 0 Å². The Labute approximate surface area is 209 Å². The van der Waals surface area contributed by atoms with E-state index in [1.165, 1.54) is 19.3 Å². The summed E-state index contributed by atoms with van der Waals surface area (Å²) in [6.45, 7) is 19.6. The smallest absolute Gasteiger partial charge is 0.0449 e. The lowest BCUT2D eigenvalue weighted by molar-refractivity contribution is 0.108. The van der Waals surface area contributed by atoms with Crippen molar-refractivity contribution in [2.24, 2.45) is 53.3 Å². The molecule has 5 rings (SSSR count). The van der Waals surface area contributed by atoms with Gasteiger partial charge in [0.2, 0.25) is 0 Å². The minimum Gasteiger partial charge on any atom is -0.0711 e. The zero-order valence-electron chi connectivity index (χ0n) is 23.5. The van der Waals surface area contributed by atoms with Crippen LogP contribution in [0.15, 0.2) is 0 Å². The summed E-state index contributed by atoms with van der Waals surface area (Å²) in [7, 11) is -2.56. The van der Waals surface area contributed by atoms with Gasteiger partial charge < -0.3 is 0 Å². The Balaban J connectivity index is 1.43. The molecule has 0 spiro atoms. The van der Waals surface area contributed by atoms with Crippen LogP contribution in [-0.4, -0.2) is 15.2 Å². The van der Waals surface area contributed by atoms with E-state index in [-0.39, 0.29) is 0 Å². The standard InChI is InChI=1S/C31H58Si2/c1-8-12-21(2)27-20-31(29-19-24-14-11-13-23(24)18-28(27)29)33(6,7)32(4,5)30-17-22(3)25-15-9-10-16-26(25)30/h21-31H,8-20H2,1-7H3. The molecule has 33 heavy (non-hydrogen) atoms. The first-order chi connectivity index (χ1) is 15.7. The van der Waals surface area contributed by atoms with Crippen molar-refractivity contribution in [3.63, 3.8) is 0 Å². The molecule has 0 amide bonds. The van der Waals surface area contributed by atoms with Gasteiger partial charge in [-0.05, 0) is 96.4 Å². The Morgan fingerprint density at radius 3 is 1.88 bits per heavy atom. The van der Waals surface area contributed by atoms with E-state index in [9.17, 15) is 0 Å². The van der Waals surface area contributed by atoms with Gasteiger partial charge in [0, 0.05) is 15.2 Å². The molecule has 190 valence electrons. The molecule has 0 aromatic rings. The largest absolute Gasteiger partial charge is 0.0711 e. The maximum absolute atomic E-state index is 2.97. The maximum Gasteiger partial charge on any atom is 0.0449 e. The fourth-order valence-electron chi connectivity index (χ4n) is 11.5. The van der Waals surface area contributed by atoms with Crippen molar-refractivity contribution in [2.75, 3.05) is 0 Å². The van der Waals surface area contributed by atoms with Crippen LogP contribution in [-0.2, 0) is 0 Å². The van der Waals surface area contributed by atoms with Crippen LogP contribution in [0.4, 0.5) is 0 Å². The minimum atomic E-state index is -1.29. The van der Waals surface area contributed by atoms with E-state index in [2.05, 4.69) is 47.0 Å². The summed E-state index contributed by atoms with van der Waals surface area (Å²) in [6.07, 6.45) is 20.4. The zero-order valence-corrected chi connectivity index (χ0v) is 25.5. The Hall–Kier alpha value is 0.434. The van der Waals surface area contributed by atoms with Crippen LogP contribution < -0.4 is 0 Å². The van der Waals surface area contributed by atoms with E-state index < -0.39 is 15.2 Å². The van der Waals surface area contributed by atoms with Crippen LogP contribution in [0.3, 0.4) is 0 Å². The molecular weight excluding hydrogens is 429 g/mol. The molecule has 0 aromatic heterocycles. The average molecular weight is 487 g/mol. The molecule has 0 heterocycles. The Bertz CT molecular complexity index is 682. The average Bonchev–Trinajstić information content (AvgIpc) is 3.48. The number of hydrogen-bond donors (Lipinski definition) is 0. The van der Waals surface area contributed by atoms with Crippen LogP contribution >= 0.6 is 0 Å². The Morgan fingerprint density at radius 1 is 0.667 bits per heavy atom. The van der Waals surface area contributed by atoms with Gasteiger partial charge in [0.05, 0.1) is 0 Å². The predicted molar refractivity (Wildman–Crippen MR) is 151 cm³/mol. The molecule has 2 heteroatoms. The Kier molecular flexibility index (Phi) is 7.14. The highest BCUT2D eigenvalue weighted by molar-refractivity contribution is 7.41. The monoisotopic (exact) mass is 486 g/mol. The first-order valence-corrected chi connectivity index (χ1v) is 22.8. The summed E-state index contributed by atoms with van der Waals surface area (Å²) < 4.78 is 0. The quantitative estimate of drug-likeness (QED) is 0.327. The fourth-order valence-corrected chi connectivity index (χ4v) is 25.9. The molecule has 0 saturated heterocycles. The van der Waals surface area contributed by atoms with Gasteiger partial charge in [-0.2, -0.15) is 0 Å². The van der Waals surface area contributed by atoms with Gasteiger partial charge in [-0.25, -0.2) is 0 Å². The third-order valence-electron chi connectivity index (χ3n) is 13.8. The van der Waals surface area contributed by atoms with Gasteiger partial charge in [-0.15, -0.1) is 0 Å². The van der Waals surface area contributed by atoms with Crippen molar-refractivity contribution >= 4 is 15.2 Å². The summed E-state index contributed by atoms with van der Waals surface area (Å²) in [5.74, 6) is 9.78. The van der Waals surface area contributed by atoms with E-state index in [0.717, 1.165) is 64.3 Å². The third-order valence-corrected chi connectivity index (χ3v) is 34.4. The van der Waals surface area contributed by atoms with E-state index in [0.29, 0.717) is 0 Å². The molecule has 5 fully saturated rings. The second-order valence-corrected chi connectivity index (χ2v) is 31.5. The molecule has 0 bridgehead atoms. The highest BCUT2D eigenvalue weighted by Crippen LogP contribution is 2.65. The lowest BCUT2D eigenvalue weighted by Crippen LogP contribution is -2.62. The van der Waals surface area contributed by atoms with Gasteiger partial charge in [0.25, 0.3) is 0 Å². The summed E-state index contributed by atoms with van der Waals surface area (Å²) in [5.41, 5.74) is 2.32. The van der Waals surface area contributed by atoms with Gasteiger partial charge in [0.15, 0.2) is 0 Å². The molecule has 5 saturated carbocycles. The lowest BCUT2D eigenvalue weighted by Gasteiger charge is -2.52. The van der Waals surface area contributed by atoms with Crippen molar-refractivity contribution in [2.45, 2.75) is 142 Å². The first-order valence-electron chi connectivity index (χ1n) is 15.7. The van der Waals surface area contributed by atoms with Crippen molar-refractivity contribution in [1.29, 1.82) is 0 Å². The summed E-state index contributed by atoms with van der Waals surface area (Å²) in [5, 5.41) is 0. The van der Waals surface area contributed by atoms with Crippen molar-refractivity contribution < 1.29 is 0 Å². The predicted octanol–water partition coefficient (Wildman–Crippen LogP) is 9.97. The molecule has 0 radical (unpaired) electrons. The molecule has 11 unspecified atom stereocenters. The molecule has 0 nitrogen and oxygen atoms in total. The van der Waals surface area contributed by atoms with E-state index >= 15 is 0 Å². The highest BCUT2D eigenvalue weighted by atomic mass is 29.3. The summed E-state index contributed by atoms with van der Waals surface area (Å²) in [6, 6.07) is 0. The zero-order chi connectivity index (χ0) is 23.5. The molecule has 0 aliphatic heterocycles. The van der Waals surface area contributed by atoms with Crippen molar-refractivity contribution in [1.82, 2.24) is 0 Å². The molecule has 5 aliphatic carbocycles. The second-order valence-electron chi connectivity index (χ2n) is 15.4. The number of fused-ring (bicyclic) bond motifs is 3. The lowest BCUT2D eigenvalue weighted by atomic mass is 9.67. The van der Waals surface area contributed by atoms with Crippen LogP contribution in [0.1, 0.15) is 104 Å². The SMILES string of the molecule is CCCC(C)C1CC([Si](C)(C)[Si](C)(C)C2CC(C)C3CCCCC32)C2CC3CCCC3CC12. The van der Waals surface area contributed by atoms with Crippen LogP contribution in [0.25, 0.3) is 0 Å². The molecule has 11 atom stereocenters. The van der Waals surface area contributed by atoms with E-state index in [1.54, 1.807) is 64.2 Å². The third kappa shape index (κ3) is 4.12. The topological polar surface area (TPSA) is 0 Å². The highest BCUT2D eigenvalue weighted by Gasteiger charge is 2.62. The molecule has 5 aliphatic rings. The van der Waals surface area contributed by atoms with Crippen molar-refractivity contribution in [3.05, 3.63) is 0 Å². The Morgan fingerprint density at radius 2 is 1.24 bits per heavy atom. The van der Waals surface area contributed by atoms with Gasteiger partial charge >= 0.3 is 0 Å². The van der Waals surface area contributed by atoms with Crippen LogP contribution in [0.5, 0.6) is 0 Å². The number of hydrogen-bond acceptors (Lipinski definition) is 0.